The van der Waals surface area contributed by atoms with E-state index in [1.54, 1.807) is 0 Å². The molecule has 1 aromatic carbocycles. The highest BCUT2D eigenvalue weighted by molar-refractivity contribution is 5.27. The van der Waals surface area contributed by atoms with Crippen molar-refractivity contribution >= 4 is 0 Å². The summed E-state index contributed by atoms with van der Waals surface area (Å²) in [6.45, 7) is 15.0. The zero-order chi connectivity index (χ0) is 14.7. The maximum atomic E-state index is 3.20. The summed E-state index contributed by atoms with van der Waals surface area (Å²) in [4.78, 5) is 0. The minimum absolute atomic E-state index is 0.303. The van der Waals surface area contributed by atoms with Crippen molar-refractivity contribution in [1.29, 1.82) is 0 Å². The number of benzene rings is 1. The first-order valence-electron chi connectivity index (χ1n) is 7.37. The van der Waals surface area contributed by atoms with Gasteiger partial charge in [-0.3, -0.25) is 0 Å². The van der Waals surface area contributed by atoms with E-state index in [9.17, 15) is 0 Å². The summed E-state index contributed by atoms with van der Waals surface area (Å²) in [5.74, 6) is 0.608. The molecule has 1 N–H and O–H groups in total. The fourth-order valence-corrected chi connectivity index (χ4v) is 2.61. The largest absolute Gasteiger partial charge is 0.316 e. The van der Waals surface area contributed by atoms with Crippen LogP contribution >= 0.6 is 0 Å². The van der Waals surface area contributed by atoms with Crippen molar-refractivity contribution in [3.8, 4) is 0 Å². The fourth-order valence-electron chi connectivity index (χ4n) is 2.61. The first kappa shape index (κ1) is 16.2. The van der Waals surface area contributed by atoms with Crippen molar-refractivity contribution < 1.29 is 0 Å². The molecule has 1 nitrogen and oxygen atoms in total. The predicted octanol–water partition coefficient (Wildman–Crippen LogP) is 4.97. The van der Waals surface area contributed by atoms with E-state index in [1.807, 2.05) is 7.05 Å². The molecular formula is C18H31N. The van der Waals surface area contributed by atoms with E-state index >= 15 is 0 Å². The van der Waals surface area contributed by atoms with Gasteiger partial charge < -0.3 is 5.32 Å². The molecule has 1 rings (SSSR count). The summed E-state index contributed by atoms with van der Waals surface area (Å²) in [5, 5.41) is 3.20. The Morgan fingerprint density at radius 3 is 1.84 bits per heavy atom. The van der Waals surface area contributed by atoms with Crippen molar-refractivity contribution in [2.75, 3.05) is 7.05 Å². The molecule has 0 amide bonds. The summed E-state index contributed by atoms with van der Waals surface area (Å²) in [5.41, 5.74) is 3.50. The van der Waals surface area contributed by atoms with Crippen molar-refractivity contribution in [2.24, 2.45) is 10.8 Å². The Morgan fingerprint density at radius 2 is 1.47 bits per heavy atom. The molecule has 0 saturated carbocycles. The van der Waals surface area contributed by atoms with Crippen molar-refractivity contribution in [1.82, 2.24) is 5.32 Å². The molecule has 0 bridgehead atoms. The standard InChI is InChI=1S/C18H31N/c1-17(2,3)12-16(18(4,5)6)15-10-8-14(9-11-15)13-19-7/h8-11,16,19H,12-13H2,1-7H3. The second-order valence-corrected chi connectivity index (χ2v) is 7.96. The van der Waals surface area contributed by atoms with E-state index in [1.165, 1.54) is 17.5 Å². The minimum atomic E-state index is 0.303. The summed E-state index contributed by atoms with van der Waals surface area (Å²) < 4.78 is 0. The number of hydrogen-bond donors (Lipinski definition) is 1. The van der Waals surface area contributed by atoms with E-state index < -0.39 is 0 Å². The van der Waals surface area contributed by atoms with Crippen LogP contribution < -0.4 is 5.32 Å². The smallest absolute Gasteiger partial charge is 0.0202 e. The molecule has 0 fully saturated rings. The van der Waals surface area contributed by atoms with Crippen molar-refractivity contribution in [3.05, 3.63) is 35.4 Å². The van der Waals surface area contributed by atoms with Crippen LogP contribution in [0.1, 0.15) is 65.0 Å². The molecule has 0 aliphatic carbocycles. The lowest BCUT2D eigenvalue weighted by molar-refractivity contribution is 0.229. The Balaban J connectivity index is 2.98. The van der Waals surface area contributed by atoms with Crippen LogP contribution in [0.15, 0.2) is 24.3 Å². The molecule has 1 heteroatoms. The maximum absolute atomic E-state index is 3.20. The number of nitrogens with one attached hydrogen (secondary N) is 1. The van der Waals surface area contributed by atoms with Gasteiger partial charge in [-0.1, -0.05) is 65.8 Å². The number of hydrogen-bond acceptors (Lipinski definition) is 1. The Hall–Kier alpha value is -0.820. The predicted molar refractivity (Wildman–Crippen MR) is 85.5 cm³/mol. The van der Waals surface area contributed by atoms with Crippen molar-refractivity contribution in [2.45, 2.75) is 60.4 Å². The second-order valence-electron chi connectivity index (χ2n) is 7.96. The van der Waals surface area contributed by atoms with Gasteiger partial charge in [0, 0.05) is 6.54 Å². The normalized spacial score (nSPS) is 14.5. The number of rotatable bonds is 4. The second kappa shape index (κ2) is 6.09. The summed E-state index contributed by atoms with van der Waals surface area (Å²) in [6, 6.07) is 9.14. The average molecular weight is 261 g/mol. The third-order valence-corrected chi connectivity index (χ3v) is 3.62. The van der Waals surface area contributed by atoms with Gasteiger partial charge in [0.2, 0.25) is 0 Å². The highest BCUT2D eigenvalue weighted by Crippen LogP contribution is 2.42. The molecule has 0 spiro atoms. The van der Waals surface area contributed by atoms with Gasteiger partial charge in [-0.05, 0) is 41.3 Å². The van der Waals surface area contributed by atoms with E-state index in [0.29, 0.717) is 16.7 Å². The third kappa shape index (κ3) is 5.36. The molecule has 1 aromatic rings. The van der Waals surface area contributed by atoms with Gasteiger partial charge in [-0.15, -0.1) is 0 Å². The molecule has 1 atom stereocenters. The van der Waals surface area contributed by atoms with Gasteiger partial charge in [0.15, 0.2) is 0 Å². The molecule has 0 aromatic heterocycles. The molecule has 0 aliphatic heterocycles. The van der Waals surface area contributed by atoms with Crippen molar-refractivity contribution in [3.63, 3.8) is 0 Å². The maximum Gasteiger partial charge on any atom is 0.0202 e. The zero-order valence-electron chi connectivity index (χ0n) is 13.8. The lowest BCUT2D eigenvalue weighted by Gasteiger charge is -2.36. The molecule has 0 heterocycles. The third-order valence-electron chi connectivity index (χ3n) is 3.62. The highest BCUT2D eigenvalue weighted by Gasteiger charge is 2.30. The van der Waals surface area contributed by atoms with Gasteiger partial charge in [0.1, 0.15) is 0 Å². The molecule has 0 radical (unpaired) electrons. The molecule has 0 saturated heterocycles. The van der Waals surface area contributed by atoms with E-state index in [4.69, 9.17) is 0 Å². The summed E-state index contributed by atoms with van der Waals surface area (Å²) >= 11 is 0. The van der Waals surface area contributed by atoms with E-state index in [2.05, 4.69) is 71.1 Å². The fraction of sp³-hybridized carbons (Fsp3) is 0.667. The first-order chi connectivity index (χ1) is 8.63. The van der Waals surface area contributed by atoms with Crippen LogP contribution in [0.25, 0.3) is 0 Å². The topological polar surface area (TPSA) is 12.0 Å². The van der Waals surface area contributed by atoms with Crippen LogP contribution in [0.3, 0.4) is 0 Å². The lowest BCUT2D eigenvalue weighted by Crippen LogP contribution is -2.23. The van der Waals surface area contributed by atoms with E-state index in [0.717, 1.165) is 6.54 Å². The monoisotopic (exact) mass is 261 g/mol. The van der Waals surface area contributed by atoms with E-state index in [-0.39, 0.29) is 0 Å². The van der Waals surface area contributed by atoms with Crippen LogP contribution in [0.5, 0.6) is 0 Å². The SMILES string of the molecule is CNCc1ccc(C(CC(C)(C)C)C(C)(C)C)cc1. The summed E-state index contributed by atoms with van der Waals surface area (Å²) in [6.07, 6.45) is 1.22. The van der Waals surface area contributed by atoms with Crippen LogP contribution in [-0.4, -0.2) is 7.05 Å². The van der Waals surface area contributed by atoms with Gasteiger partial charge in [0.25, 0.3) is 0 Å². The Kier molecular flexibility index (Phi) is 5.20. The van der Waals surface area contributed by atoms with Crippen LogP contribution in [0.4, 0.5) is 0 Å². The molecule has 0 aliphatic rings. The van der Waals surface area contributed by atoms with Gasteiger partial charge in [-0.2, -0.15) is 0 Å². The molecule has 1 unspecified atom stereocenters. The zero-order valence-corrected chi connectivity index (χ0v) is 13.8. The van der Waals surface area contributed by atoms with Gasteiger partial charge >= 0.3 is 0 Å². The highest BCUT2D eigenvalue weighted by atomic mass is 14.8. The lowest BCUT2D eigenvalue weighted by atomic mass is 9.69. The van der Waals surface area contributed by atoms with Crippen LogP contribution in [0.2, 0.25) is 0 Å². The Labute approximate surface area is 119 Å². The molecule has 108 valence electrons. The molecule has 19 heavy (non-hydrogen) atoms. The summed E-state index contributed by atoms with van der Waals surface area (Å²) in [7, 11) is 1.99. The quantitative estimate of drug-likeness (QED) is 0.806. The Bertz CT molecular complexity index is 376. The Morgan fingerprint density at radius 1 is 0.947 bits per heavy atom. The average Bonchev–Trinajstić information content (AvgIpc) is 2.25. The minimum Gasteiger partial charge on any atom is -0.316 e. The van der Waals surface area contributed by atoms with Crippen LogP contribution in [0, 0.1) is 10.8 Å². The van der Waals surface area contributed by atoms with Gasteiger partial charge in [-0.25, -0.2) is 0 Å². The van der Waals surface area contributed by atoms with Crippen LogP contribution in [-0.2, 0) is 6.54 Å². The molecular weight excluding hydrogens is 230 g/mol. The van der Waals surface area contributed by atoms with Gasteiger partial charge in [0.05, 0.1) is 0 Å². The first-order valence-corrected chi connectivity index (χ1v) is 7.37.